The van der Waals surface area contributed by atoms with Crippen molar-refractivity contribution in [2.75, 3.05) is 0 Å². The second-order valence-corrected chi connectivity index (χ2v) is 3.54. The highest BCUT2D eigenvalue weighted by atomic mass is 79.9. The van der Waals surface area contributed by atoms with Gasteiger partial charge >= 0.3 is 6.18 Å². The van der Waals surface area contributed by atoms with E-state index in [1.807, 2.05) is 35.2 Å². The molecule has 0 amide bonds. The van der Waals surface area contributed by atoms with Crippen LogP contribution in [0.2, 0.25) is 0 Å². The van der Waals surface area contributed by atoms with Gasteiger partial charge in [-0.2, -0.15) is 13.2 Å². The summed E-state index contributed by atoms with van der Waals surface area (Å²) in [5, 5.41) is 0. The van der Waals surface area contributed by atoms with Gasteiger partial charge in [0.1, 0.15) is 6.54 Å². The van der Waals surface area contributed by atoms with Crippen molar-refractivity contribution in [3.8, 4) is 0 Å². The number of aromatic nitrogens is 1. The van der Waals surface area contributed by atoms with Gasteiger partial charge in [-0.05, 0) is 12.8 Å². The number of pyridine rings is 1. The van der Waals surface area contributed by atoms with E-state index in [4.69, 9.17) is 0 Å². The summed E-state index contributed by atoms with van der Waals surface area (Å²) < 4.78 is 37.4. The lowest BCUT2D eigenvalue weighted by molar-refractivity contribution is -0.697. The van der Waals surface area contributed by atoms with Crippen LogP contribution in [0.4, 0.5) is 13.2 Å². The monoisotopic (exact) mass is 297 g/mol. The maximum atomic E-state index is 11.8. The van der Waals surface area contributed by atoms with E-state index >= 15 is 0 Å². The first-order valence-electron chi connectivity index (χ1n) is 5.09. The third kappa shape index (κ3) is 7.68. The van der Waals surface area contributed by atoms with Gasteiger partial charge in [0.15, 0.2) is 12.4 Å². The molecular weight excluding hydrogens is 283 g/mol. The van der Waals surface area contributed by atoms with Crippen LogP contribution in [0.3, 0.4) is 0 Å². The molecule has 1 aromatic heterocycles. The lowest BCUT2D eigenvalue weighted by Crippen LogP contribution is -3.00. The van der Waals surface area contributed by atoms with Crippen molar-refractivity contribution >= 4 is 0 Å². The molecule has 0 N–H and O–H groups in total. The third-order valence-electron chi connectivity index (χ3n) is 2.15. The molecule has 1 nitrogen and oxygen atoms in total. The Morgan fingerprint density at radius 2 is 1.50 bits per heavy atom. The molecule has 1 heterocycles. The summed E-state index contributed by atoms with van der Waals surface area (Å²) in [7, 11) is 0. The molecule has 92 valence electrons. The van der Waals surface area contributed by atoms with Gasteiger partial charge in [0, 0.05) is 25.0 Å². The van der Waals surface area contributed by atoms with E-state index in [1.54, 1.807) is 0 Å². The maximum absolute atomic E-state index is 11.8. The van der Waals surface area contributed by atoms with Gasteiger partial charge in [-0.1, -0.05) is 6.07 Å². The van der Waals surface area contributed by atoms with Crippen molar-refractivity contribution in [1.82, 2.24) is 0 Å². The van der Waals surface area contributed by atoms with Crippen molar-refractivity contribution in [2.45, 2.75) is 38.4 Å². The zero-order chi connectivity index (χ0) is 11.1. The summed E-state index contributed by atoms with van der Waals surface area (Å²) in [6.45, 7) is 0.790. The standard InChI is InChI=1S/C11H15F3N.BrH/c12-11(13,14)7-3-1-4-8-15-9-5-2-6-10-15;/h2,5-6,9-10H,1,3-4,7-8H2;1H/q+1;/p-1. The summed E-state index contributed by atoms with van der Waals surface area (Å²) in [5.74, 6) is 0. The van der Waals surface area contributed by atoms with Gasteiger partial charge in [-0.3, -0.25) is 0 Å². The zero-order valence-electron chi connectivity index (χ0n) is 8.88. The number of nitrogens with zero attached hydrogens (tertiary/aromatic N) is 1. The van der Waals surface area contributed by atoms with E-state index in [2.05, 4.69) is 0 Å². The van der Waals surface area contributed by atoms with Crippen molar-refractivity contribution in [2.24, 2.45) is 0 Å². The molecule has 5 heteroatoms. The number of hydrogen-bond acceptors (Lipinski definition) is 0. The van der Waals surface area contributed by atoms with E-state index < -0.39 is 12.6 Å². The van der Waals surface area contributed by atoms with Crippen LogP contribution >= 0.6 is 0 Å². The molecule has 0 spiro atoms. The lowest BCUT2D eigenvalue weighted by atomic mass is 10.2. The lowest BCUT2D eigenvalue weighted by Gasteiger charge is -2.04. The Kier molecular flexibility index (Phi) is 7.38. The Morgan fingerprint density at radius 3 is 2.06 bits per heavy atom. The quantitative estimate of drug-likeness (QED) is 0.536. The van der Waals surface area contributed by atoms with Crippen LogP contribution in [0.15, 0.2) is 30.6 Å². The molecule has 0 fully saturated rings. The van der Waals surface area contributed by atoms with Gasteiger partial charge in [0.25, 0.3) is 0 Å². The number of rotatable bonds is 5. The normalized spacial score (nSPS) is 10.9. The first-order chi connectivity index (χ1) is 7.08. The van der Waals surface area contributed by atoms with Gasteiger partial charge in [-0.15, -0.1) is 0 Å². The number of aryl methyl sites for hydroxylation is 1. The molecule has 1 rings (SSSR count). The van der Waals surface area contributed by atoms with Crippen LogP contribution in [-0.4, -0.2) is 6.18 Å². The van der Waals surface area contributed by atoms with Crippen LogP contribution < -0.4 is 21.5 Å². The molecule has 0 unspecified atom stereocenters. The topological polar surface area (TPSA) is 3.88 Å². The van der Waals surface area contributed by atoms with E-state index in [0.717, 1.165) is 13.0 Å². The summed E-state index contributed by atoms with van der Waals surface area (Å²) in [5.41, 5.74) is 0. The fourth-order valence-corrected chi connectivity index (χ4v) is 1.38. The van der Waals surface area contributed by atoms with Crippen molar-refractivity contribution in [3.05, 3.63) is 30.6 Å². The molecule has 0 aliphatic carbocycles. The van der Waals surface area contributed by atoms with E-state index in [-0.39, 0.29) is 23.4 Å². The molecule has 16 heavy (non-hydrogen) atoms. The first kappa shape index (κ1) is 15.4. The Balaban J connectivity index is 0.00000225. The average molecular weight is 298 g/mol. The minimum Gasteiger partial charge on any atom is -1.00 e. The maximum Gasteiger partial charge on any atom is 0.389 e. The number of alkyl halides is 3. The molecule has 0 aliphatic heterocycles. The van der Waals surface area contributed by atoms with Crippen LogP contribution in [0.25, 0.3) is 0 Å². The number of unbranched alkanes of at least 4 members (excludes halogenated alkanes) is 2. The molecule has 0 saturated heterocycles. The van der Waals surface area contributed by atoms with Gasteiger partial charge in [0.2, 0.25) is 0 Å². The van der Waals surface area contributed by atoms with Crippen LogP contribution in [0.5, 0.6) is 0 Å². The highest BCUT2D eigenvalue weighted by molar-refractivity contribution is 4.83. The minimum atomic E-state index is -4.00. The predicted octanol–water partition coefficient (Wildman–Crippen LogP) is 0.101. The second kappa shape index (κ2) is 7.65. The summed E-state index contributed by atoms with van der Waals surface area (Å²) in [4.78, 5) is 0. The molecular formula is C11H15BrF3N. The van der Waals surface area contributed by atoms with Gasteiger partial charge < -0.3 is 17.0 Å². The largest absolute Gasteiger partial charge is 1.00 e. The third-order valence-corrected chi connectivity index (χ3v) is 2.15. The van der Waals surface area contributed by atoms with Crippen LogP contribution in [0, 0.1) is 0 Å². The second-order valence-electron chi connectivity index (χ2n) is 3.54. The molecule has 1 aromatic rings. The Hall–Kier alpha value is -0.580. The molecule has 0 bridgehead atoms. The molecule has 0 radical (unpaired) electrons. The zero-order valence-corrected chi connectivity index (χ0v) is 10.5. The fraction of sp³-hybridized carbons (Fsp3) is 0.545. The van der Waals surface area contributed by atoms with E-state index in [1.165, 1.54) is 0 Å². The highest BCUT2D eigenvalue weighted by Gasteiger charge is 2.25. The molecule has 0 atom stereocenters. The Labute approximate surface area is 104 Å². The van der Waals surface area contributed by atoms with Crippen molar-refractivity contribution < 1.29 is 34.7 Å². The SMILES string of the molecule is FC(F)(F)CCCCC[n+]1ccccc1.[Br-]. The predicted molar refractivity (Wildman–Crippen MR) is 51.2 cm³/mol. The van der Waals surface area contributed by atoms with E-state index in [9.17, 15) is 13.2 Å². The van der Waals surface area contributed by atoms with Crippen molar-refractivity contribution in [1.29, 1.82) is 0 Å². The molecule has 0 aromatic carbocycles. The number of hydrogen-bond donors (Lipinski definition) is 0. The van der Waals surface area contributed by atoms with Gasteiger partial charge in [-0.25, -0.2) is 4.57 Å². The first-order valence-corrected chi connectivity index (χ1v) is 5.09. The van der Waals surface area contributed by atoms with Gasteiger partial charge in [0.05, 0.1) is 0 Å². The average Bonchev–Trinajstić information content (AvgIpc) is 2.17. The molecule has 0 aliphatic rings. The summed E-state index contributed by atoms with van der Waals surface area (Å²) >= 11 is 0. The Morgan fingerprint density at radius 1 is 0.875 bits per heavy atom. The highest BCUT2D eigenvalue weighted by Crippen LogP contribution is 2.22. The molecule has 0 saturated carbocycles. The van der Waals surface area contributed by atoms with Crippen LogP contribution in [0.1, 0.15) is 25.7 Å². The smallest absolute Gasteiger partial charge is 0.389 e. The summed E-state index contributed by atoms with van der Waals surface area (Å²) in [6.07, 6.45) is 0.836. The van der Waals surface area contributed by atoms with Crippen LogP contribution in [-0.2, 0) is 6.54 Å². The fourth-order valence-electron chi connectivity index (χ4n) is 1.38. The summed E-state index contributed by atoms with van der Waals surface area (Å²) in [6, 6.07) is 5.74. The minimum absolute atomic E-state index is 0. The van der Waals surface area contributed by atoms with E-state index in [0.29, 0.717) is 6.42 Å². The van der Waals surface area contributed by atoms with Crippen molar-refractivity contribution in [3.63, 3.8) is 0 Å². The Bertz CT molecular complexity index is 274. The number of halogens is 4.